The number of aromatic nitrogens is 1. The van der Waals surface area contributed by atoms with Crippen LogP contribution in [0.1, 0.15) is 45.7 Å². The second kappa shape index (κ2) is 8.62. The van der Waals surface area contributed by atoms with Crippen molar-refractivity contribution in [3.63, 3.8) is 0 Å². The second-order valence-corrected chi connectivity index (χ2v) is 8.20. The zero-order valence-corrected chi connectivity index (χ0v) is 16.2. The maximum atomic E-state index is 12.3. The van der Waals surface area contributed by atoms with Crippen LogP contribution in [0.15, 0.2) is 5.38 Å². The summed E-state index contributed by atoms with van der Waals surface area (Å²) in [6.45, 7) is 9.05. The van der Waals surface area contributed by atoms with Crippen molar-refractivity contribution < 1.29 is 14.3 Å². The summed E-state index contributed by atoms with van der Waals surface area (Å²) in [5.74, 6) is -0.0708. The number of thiazole rings is 1. The van der Waals surface area contributed by atoms with Crippen LogP contribution in [0.2, 0.25) is 0 Å². The van der Waals surface area contributed by atoms with Crippen LogP contribution < -0.4 is 10.6 Å². The quantitative estimate of drug-likeness (QED) is 0.835. The number of nitrogens with one attached hydrogen (secondary N) is 2. The molecule has 0 saturated carbocycles. The van der Waals surface area contributed by atoms with Crippen molar-refractivity contribution in [1.82, 2.24) is 15.2 Å². The van der Waals surface area contributed by atoms with E-state index in [9.17, 15) is 9.59 Å². The standard InChI is InChI=1S/C17H28N4O3S/c1-12-11-25-15(19-12)20-14(22)10-21-8-6-5-7-13(21)9-18-16(23)24-17(2,3)4/h11,13H,5-10H2,1-4H3,(H,18,23)(H,19,20,22). The molecule has 0 aliphatic carbocycles. The maximum absolute atomic E-state index is 12.3. The van der Waals surface area contributed by atoms with Crippen molar-refractivity contribution in [2.24, 2.45) is 0 Å². The first-order valence-electron chi connectivity index (χ1n) is 8.66. The van der Waals surface area contributed by atoms with Gasteiger partial charge in [0.2, 0.25) is 5.91 Å². The molecule has 0 radical (unpaired) electrons. The van der Waals surface area contributed by atoms with Crippen molar-refractivity contribution in [2.45, 2.75) is 58.6 Å². The number of ether oxygens (including phenoxy) is 1. The molecule has 2 rings (SSSR count). The number of piperidine rings is 1. The largest absolute Gasteiger partial charge is 0.444 e. The Labute approximate surface area is 153 Å². The lowest BCUT2D eigenvalue weighted by atomic mass is 10.0. The molecule has 0 aromatic carbocycles. The number of rotatable bonds is 5. The van der Waals surface area contributed by atoms with E-state index >= 15 is 0 Å². The molecule has 1 saturated heterocycles. The highest BCUT2D eigenvalue weighted by molar-refractivity contribution is 7.13. The number of aryl methyl sites for hydroxylation is 1. The predicted molar refractivity (Wildman–Crippen MR) is 98.9 cm³/mol. The first kappa shape index (κ1) is 19.7. The van der Waals surface area contributed by atoms with Crippen LogP contribution >= 0.6 is 11.3 Å². The van der Waals surface area contributed by atoms with Gasteiger partial charge in [0.05, 0.1) is 12.2 Å². The van der Waals surface area contributed by atoms with Gasteiger partial charge >= 0.3 is 6.09 Å². The molecule has 1 unspecified atom stereocenters. The molecular formula is C17H28N4O3S. The Kier molecular flexibility index (Phi) is 6.78. The SMILES string of the molecule is Cc1csc(NC(=O)CN2CCCCC2CNC(=O)OC(C)(C)C)n1. The van der Waals surface area contributed by atoms with Crippen molar-refractivity contribution in [2.75, 3.05) is 25.0 Å². The van der Waals surface area contributed by atoms with E-state index in [2.05, 4.69) is 20.5 Å². The molecule has 8 heteroatoms. The summed E-state index contributed by atoms with van der Waals surface area (Å²) >= 11 is 1.42. The predicted octanol–water partition coefficient (Wildman–Crippen LogP) is 2.77. The summed E-state index contributed by atoms with van der Waals surface area (Å²) < 4.78 is 5.27. The highest BCUT2D eigenvalue weighted by Gasteiger charge is 2.26. The molecule has 2 heterocycles. The van der Waals surface area contributed by atoms with E-state index in [-0.39, 0.29) is 11.9 Å². The minimum Gasteiger partial charge on any atom is -0.444 e. The van der Waals surface area contributed by atoms with E-state index in [1.54, 1.807) is 0 Å². The van der Waals surface area contributed by atoms with E-state index < -0.39 is 11.7 Å². The van der Waals surface area contributed by atoms with E-state index in [0.29, 0.717) is 18.2 Å². The molecule has 25 heavy (non-hydrogen) atoms. The topological polar surface area (TPSA) is 83.6 Å². The summed E-state index contributed by atoms with van der Waals surface area (Å²) in [6.07, 6.45) is 2.71. The van der Waals surface area contributed by atoms with Crippen molar-refractivity contribution in [3.05, 3.63) is 11.1 Å². The van der Waals surface area contributed by atoms with Crippen LogP contribution in [0.5, 0.6) is 0 Å². The Hall–Kier alpha value is -1.67. The zero-order valence-electron chi connectivity index (χ0n) is 15.4. The fourth-order valence-corrected chi connectivity index (χ4v) is 3.47. The first-order chi connectivity index (χ1) is 11.7. The molecule has 2 N–H and O–H groups in total. The van der Waals surface area contributed by atoms with Gasteiger partial charge in [-0.25, -0.2) is 9.78 Å². The molecule has 0 bridgehead atoms. The van der Waals surface area contributed by atoms with Gasteiger partial charge < -0.3 is 15.4 Å². The lowest BCUT2D eigenvalue weighted by Crippen LogP contribution is -2.49. The number of carbonyl (C=O) groups excluding carboxylic acids is 2. The molecule has 1 aromatic heterocycles. The molecule has 1 fully saturated rings. The van der Waals surface area contributed by atoms with Gasteiger partial charge in [-0.3, -0.25) is 9.69 Å². The lowest BCUT2D eigenvalue weighted by molar-refractivity contribution is -0.118. The fraction of sp³-hybridized carbons (Fsp3) is 0.706. The van der Waals surface area contributed by atoms with Crippen LogP contribution in [-0.4, -0.2) is 53.2 Å². The van der Waals surface area contributed by atoms with Crippen LogP contribution in [0.25, 0.3) is 0 Å². The minimum absolute atomic E-state index is 0.0708. The van der Waals surface area contributed by atoms with Gasteiger partial charge in [-0.15, -0.1) is 11.3 Å². The van der Waals surface area contributed by atoms with Crippen LogP contribution in [0.4, 0.5) is 9.93 Å². The average molecular weight is 369 g/mol. The number of amides is 2. The smallest absolute Gasteiger partial charge is 0.407 e. The van der Waals surface area contributed by atoms with Gasteiger partial charge in [-0.1, -0.05) is 6.42 Å². The summed E-state index contributed by atoms with van der Waals surface area (Å²) in [5.41, 5.74) is 0.389. The molecule has 1 aliphatic rings. The molecular weight excluding hydrogens is 340 g/mol. The molecule has 1 aliphatic heterocycles. The summed E-state index contributed by atoms with van der Waals surface area (Å²) in [5, 5.41) is 8.20. The van der Waals surface area contributed by atoms with Gasteiger partial charge in [0.1, 0.15) is 5.60 Å². The third-order valence-electron chi connectivity index (χ3n) is 3.84. The number of nitrogens with zero attached hydrogens (tertiary/aromatic N) is 2. The normalized spacial score (nSPS) is 18.6. The van der Waals surface area contributed by atoms with Crippen molar-refractivity contribution in [3.8, 4) is 0 Å². The van der Waals surface area contributed by atoms with Crippen LogP contribution in [0, 0.1) is 6.92 Å². The molecule has 1 aromatic rings. The Morgan fingerprint density at radius 2 is 2.16 bits per heavy atom. The van der Waals surface area contributed by atoms with E-state index in [0.717, 1.165) is 31.5 Å². The number of hydrogen-bond donors (Lipinski definition) is 2. The third-order valence-corrected chi connectivity index (χ3v) is 4.72. The Bertz CT molecular complexity index is 597. The fourth-order valence-electron chi connectivity index (χ4n) is 2.77. The summed E-state index contributed by atoms with van der Waals surface area (Å²) in [4.78, 5) is 30.5. The molecule has 140 valence electrons. The monoisotopic (exact) mass is 368 g/mol. The van der Waals surface area contributed by atoms with Gasteiger partial charge in [-0.2, -0.15) is 0 Å². The van der Waals surface area contributed by atoms with Crippen LogP contribution in [0.3, 0.4) is 0 Å². The van der Waals surface area contributed by atoms with E-state index in [1.165, 1.54) is 11.3 Å². The molecule has 7 nitrogen and oxygen atoms in total. The van der Waals surface area contributed by atoms with Crippen molar-refractivity contribution >= 4 is 28.5 Å². The van der Waals surface area contributed by atoms with Gasteiger partial charge in [-0.05, 0) is 47.1 Å². The lowest BCUT2D eigenvalue weighted by Gasteiger charge is -2.35. The van der Waals surface area contributed by atoms with Gasteiger partial charge in [0.25, 0.3) is 0 Å². The third kappa shape index (κ3) is 6.99. The van der Waals surface area contributed by atoms with E-state index in [1.807, 2.05) is 33.1 Å². The molecule has 1 atom stereocenters. The van der Waals surface area contributed by atoms with Gasteiger partial charge in [0, 0.05) is 18.0 Å². The summed E-state index contributed by atoms with van der Waals surface area (Å²) in [6, 6.07) is 0.144. The maximum Gasteiger partial charge on any atom is 0.407 e. The number of likely N-dealkylation sites (tertiary alicyclic amines) is 1. The Balaban J connectivity index is 1.83. The number of hydrogen-bond acceptors (Lipinski definition) is 6. The number of anilines is 1. The number of carbonyl (C=O) groups is 2. The first-order valence-corrected chi connectivity index (χ1v) is 9.54. The average Bonchev–Trinajstić information content (AvgIpc) is 2.89. The highest BCUT2D eigenvalue weighted by Crippen LogP contribution is 2.18. The van der Waals surface area contributed by atoms with Crippen molar-refractivity contribution in [1.29, 1.82) is 0 Å². The Morgan fingerprint density at radius 3 is 2.80 bits per heavy atom. The highest BCUT2D eigenvalue weighted by atomic mass is 32.1. The zero-order chi connectivity index (χ0) is 18.4. The minimum atomic E-state index is -0.512. The van der Waals surface area contributed by atoms with Gasteiger partial charge in [0.15, 0.2) is 5.13 Å². The summed E-state index contributed by atoms with van der Waals surface area (Å²) in [7, 11) is 0. The molecule has 0 spiro atoms. The number of alkyl carbamates (subject to hydrolysis) is 1. The second-order valence-electron chi connectivity index (χ2n) is 7.35. The Morgan fingerprint density at radius 1 is 1.40 bits per heavy atom. The van der Waals surface area contributed by atoms with Crippen LogP contribution in [-0.2, 0) is 9.53 Å². The van der Waals surface area contributed by atoms with E-state index in [4.69, 9.17) is 4.74 Å². The molecule has 2 amide bonds.